The van der Waals surface area contributed by atoms with Crippen LogP contribution < -0.4 is 5.46 Å². The zero-order chi connectivity index (χ0) is 8.27. The van der Waals surface area contributed by atoms with Gasteiger partial charge in [0.15, 0.2) is 0 Å². The highest BCUT2D eigenvalue weighted by Crippen LogP contribution is 2.06. The van der Waals surface area contributed by atoms with Crippen LogP contribution in [-0.2, 0) is 12.8 Å². The molecule has 0 atom stereocenters. The maximum atomic E-state index is 5.81. The Morgan fingerprint density at radius 1 is 1.18 bits per heavy atom. The van der Waals surface area contributed by atoms with Crippen LogP contribution in [0.4, 0.5) is 0 Å². The van der Waals surface area contributed by atoms with E-state index in [1.54, 1.807) is 0 Å². The van der Waals surface area contributed by atoms with Gasteiger partial charge in [-0.3, -0.25) is 0 Å². The lowest BCUT2D eigenvalue weighted by molar-refractivity contribution is 1.05. The van der Waals surface area contributed by atoms with E-state index in [9.17, 15) is 0 Å². The van der Waals surface area contributed by atoms with E-state index in [2.05, 4.69) is 19.9 Å². The molecule has 1 aromatic rings. The summed E-state index contributed by atoms with van der Waals surface area (Å²) in [7, 11) is 5.81. The van der Waals surface area contributed by atoms with Crippen molar-refractivity contribution in [1.82, 2.24) is 0 Å². The maximum Gasteiger partial charge on any atom is 0.114 e. The lowest BCUT2D eigenvalue weighted by atomic mass is 9.86. The average molecular weight is 144 g/mol. The van der Waals surface area contributed by atoms with Gasteiger partial charge in [0.25, 0.3) is 0 Å². The summed E-state index contributed by atoms with van der Waals surface area (Å²) < 4.78 is 0. The van der Waals surface area contributed by atoms with Crippen LogP contribution in [0, 0.1) is 0 Å². The molecule has 0 spiro atoms. The van der Waals surface area contributed by atoms with E-state index in [-0.39, 0.29) is 0 Å². The number of benzene rings is 1. The molecule has 0 saturated heterocycles. The highest BCUT2D eigenvalue weighted by atomic mass is 14.0. The number of rotatable bonds is 2. The molecule has 2 radical (unpaired) electrons. The molecule has 0 unspecified atom stereocenters. The Labute approximate surface area is 70.0 Å². The molecule has 1 heteroatoms. The molecule has 1 rings (SSSR count). The molecule has 0 fully saturated rings. The number of hydrogen-bond acceptors (Lipinski definition) is 0. The van der Waals surface area contributed by atoms with Crippen LogP contribution in [0.15, 0.2) is 18.2 Å². The Morgan fingerprint density at radius 2 is 1.91 bits per heavy atom. The average Bonchev–Trinajstić information content (AvgIpc) is 2.04. The first-order chi connectivity index (χ1) is 5.29. The third-order valence-corrected chi connectivity index (χ3v) is 2.04. The third kappa shape index (κ3) is 1.65. The van der Waals surface area contributed by atoms with Crippen molar-refractivity contribution in [2.75, 3.05) is 0 Å². The van der Waals surface area contributed by atoms with Crippen LogP contribution in [0.2, 0.25) is 0 Å². The second-order valence-electron chi connectivity index (χ2n) is 2.69. The minimum absolute atomic E-state index is 0.937. The first kappa shape index (κ1) is 8.38. The fraction of sp³-hybridized carbons (Fsp3) is 0.400. The molecule has 0 amide bonds. The zero-order valence-corrected chi connectivity index (χ0v) is 7.22. The molecule has 0 aliphatic carbocycles. The van der Waals surface area contributed by atoms with E-state index in [1.165, 1.54) is 11.1 Å². The standard InChI is InChI=1S/C10H13B/c1-3-8-6-5-7-10(11)9(8)4-2/h5-7H,3-4H2,1-2H3. The fourth-order valence-electron chi connectivity index (χ4n) is 1.42. The summed E-state index contributed by atoms with van der Waals surface area (Å²) in [4.78, 5) is 0. The van der Waals surface area contributed by atoms with E-state index in [4.69, 9.17) is 7.85 Å². The second kappa shape index (κ2) is 3.61. The van der Waals surface area contributed by atoms with Gasteiger partial charge in [-0.25, -0.2) is 0 Å². The molecule has 56 valence electrons. The van der Waals surface area contributed by atoms with Crippen molar-refractivity contribution >= 4 is 13.3 Å². The predicted octanol–water partition coefficient (Wildman–Crippen LogP) is 1.61. The summed E-state index contributed by atoms with van der Waals surface area (Å²) in [6.45, 7) is 4.30. The zero-order valence-electron chi connectivity index (χ0n) is 7.22. The Kier molecular flexibility index (Phi) is 2.75. The summed E-state index contributed by atoms with van der Waals surface area (Å²) in [5.41, 5.74) is 3.63. The largest absolute Gasteiger partial charge is 0.114 e. The van der Waals surface area contributed by atoms with Crippen LogP contribution in [-0.4, -0.2) is 7.85 Å². The highest BCUT2D eigenvalue weighted by molar-refractivity contribution is 6.33. The van der Waals surface area contributed by atoms with Gasteiger partial charge in [-0.2, -0.15) is 0 Å². The lowest BCUT2D eigenvalue weighted by Gasteiger charge is -2.08. The van der Waals surface area contributed by atoms with E-state index in [0.29, 0.717) is 0 Å². The van der Waals surface area contributed by atoms with E-state index in [0.717, 1.165) is 18.3 Å². The van der Waals surface area contributed by atoms with Gasteiger partial charge >= 0.3 is 0 Å². The molecule has 0 heterocycles. The minimum atomic E-state index is 0.937. The smallest absolute Gasteiger partial charge is 0.0933 e. The molecule has 0 aliphatic heterocycles. The molecule has 0 aromatic heterocycles. The third-order valence-electron chi connectivity index (χ3n) is 2.04. The van der Waals surface area contributed by atoms with Gasteiger partial charge in [-0.1, -0.05) is 43.1 Å². The number of aryl methyl sites for hydroxylation is 1. The summed E-state index contributed by atoms with van der Waals surface area (Å²) in [6, 6.07) is 6.14. The second-order valence-corrected chi connectivity index (χ2v) is 2.69. The van der Waals surface area contributed by atoms with Gasteiger partial charge in [0.2, 0.25) is 0 Å². The Morgan fingerprint density at radius 3 is 2.36 bits per heavy atom. The quantitative estimate of drug-likeness (QED) is 0.553. The van der Waals surface area contributed by atoms with Crippen molar-refractivity contribution in [3.05, 3.63) is 29.3 Å². The molecule has 0 bridgehead atoms. The summed E-state index contributed by atoms with van der Waals surface area (Å²) in [5, 5.41) is 0. The van der Waals surface area contributed by atoms with Crippen LogP contribution in [0.5, 0.6) is 0 Å². The van der Waals surface area contributed by atoms with E-state index < -0.39 is 0 Å². The summed E-state index contributed by atoms with van der Waals surface area (Å²) >= 11 is 0. The molecular formula is C10H13B. The van der Waals surface area contributed by atoms with Gasteiger partial charge in [0, 0.05) is 0 Å². The van der Waals surface area contributed by atoms with Crippen molar-refractivity contribution in [1.29, 1.82) is 0 Å². The van der Waals surface area contributed by atoms with E-state index >= 15 is 0 Å². The predicted molar refractivity (Wildman–Crippen MR) is 50.6 cm³/mol. The molecular weight excluding hydrogens is 131 g/mol. The SMILES string of the molecule is [B]c1cccc(CC)c1CC. The van der Waals surface area contributed by atoms with Gasteiger partial charge in [-0.05, 0) is 18.4 Å². The van der Waals surface area contributed by atoms with Crippen molar-refractivity contribution < 1.29 is 0 Å². The Bertz CT molecular complexity index is 241. The topological polar surface area (TPSA) is 0 Å². The molecule has 0 N–H and O–H groups in total. The number of hydrogen-bond donors (Lipinski definition) is 0. The van der Waals surface area contributed by atoms with Crippen molar-refractivity contribution in [2.24, 2.45) is 0 Å². The van der Waals surface area contributed by atoms with Crippen molar-refractivity contribution in [3.63, 3.8) is 0 Å². The van der Waals surface area contributed by atoms with Crippen molar-refractivity contribution in [2.45, 2.75) is 26.7 Å². The maximum absolute atomic E-state index is 5.81. The lowest BCUT2D eigenvalue weighted by Crippen LogP contribution is -2.11. The first-order valence-corrected chi connectivity index (χ1v) is 4.15. The Balaban J connectivity index is 3.13. The summed E-state index contributed by atoms with van der Waals surface area (Å²) in [6.07, 6.45) is 2.12. The molecule has 1 aromatic carbocycles. The van der Waals surface area contributed by atoms with Gasteiger partial charge < -0.3 is 0 Å². The van der Waals surface area contributed by atoms with Crippen LogP contribution in [0.3, 0.4) is 0 Å². The minimum Gasteiger partial charge on any atom is -0.0933 e. The molecule has 0 nitrogen and oxygen atoms in total. The fourth-order valence-corrected chi connectivity index (χ4v) is 1.42. The Hall–Kier alpha value is -0.715. The van der Waals surface area contributed by atoms with E-state index in [1.807, 2.05) is 12.1 Å². The first-order valence-electron chi connectivity index (χ1n) is 4.15. The summed E-state index contributed by atoms with van der Waals surface area (Å²) in [5.74, 6) is 0. The molecule has 0 aliphatic rings. The normalized spacial score (nSPS) is 10.0. The van der Waals surface area contributed by atoms with Gasteiger partial charge in [0.05, 0.1) is 0 Å². The van der Waals surface area contributed by atoms with Crippen LogP contribution >= 0.6 is 0 Å². The van der Waals surface area contributed by atoms with Gasteiger partial charge in [0.1, 0.15) is 7.85 Å². The monoisotopic (exact) mass is 144 g/mol. The van der Waals surface area contributed by atoms with Crippen LogP contribution in [0.1, 0.15) is 25.0 Å². The molecule has 0 saturated carbocycles. The highest BCUT2D eigenvalue weighted by Gasteiger charge is 1.99. The van der Waals surface area contributed by atoms with Crippen molar-refractivity contribution in [3.8, 4) is 0 Å². The van der Waals surface area contributed by atoms with Crippen LogP contribution in [0.25, 0.3) is 0 Å². The van der Waals surface area contributed by atoms with Gasteiger partial charge in [-0.15, -0.1) is 0 Å². The molecule has 11 heavy (non-hydrogen) atoms.